The monoisotopic (exact) mass is 479 g/mol. The van der Waals surface area contributed by atoms with Crippen LogP contribution < -0.4 is 10.6 Å². The van der Waals surface area contributed by atoms with Gasteiger partial charge in [0.2, 0.25) is 11.8 Å². The zero-order chi connectivity index (χ0) is 24.8. The van der Waals surface area contributed by atoms with Crippen molar-refractivity contribution in [2.24, 2.45) is 0 Å². The van der Waals surface area contributed by atoms with Crippen LogP contribution in [-0.4, -0.2) is 66.2 Å². The van der Waals surface area contributed by atoms with Crippen LogP contribution >= 0.6 is 0 Å². The van der Waals surface area contributed by atoms with E-state index in [0.717, 1.165) is 35.1 Å². The van der Waals surface area contributed by atoms with Crippen LogP contribution in [0.25, 0.3) is 11.1 Å². The normalized spacial score (nSPS) is 15.1. The van der Waals surface area contributed by atoms with Crippen molar-refractivity contribution in [1.82, 2.24) is 15.5 Å². The fourth-order valence-electron chi connectivity index (χ4n) is 4.68. The molecule has 4 rings (SSSR count). The molecule has 9 heteroatoms. The lowest BCUT2D eigenvalue weighted by Gasteiger charge is -2.20. The maximum absolute atomic E-state index is 12.7. The number of carboxylic acids is 1. The van der Waals surface area contributed by atoms with Gasteiger partial charge in [0.15, 0.2) is 0 Å². The van der Waals surface area contributed by atoms with Gasteiger partial charge >= 0.3 is 12.1 Å². The Morgan fingerprint density at radius 3 is 2.17 bits per heavy atom. The molecule has 1 aliphatic carbocycles. The quantitative estimate of drug-likeness (QED) is 0.508. The van der Waals surface area contributed by atoms with E-state index in [1.54, 1.807) is 4.90 Å². The number of amides is 3. The number of fused-ring (bicyclic) bond motifs is 3. The van der Waals surface area contributed by atoms with E-state index < -0.39 is 24.0 Å². The van der Waals surface area contributed by atoms with Crippen LogP contribution in [0.5, 0.6) is 0 Å². The molecular formula is C26H29N3O6. The standard InChI is InChI=1S/C26H29N3O6/c30-23(29-13-5-6-14-29)15-27-25(33)22(11-12-24(31)32)28-26(34)35-16-21-19-9-3-1-7-17(19)18-8-2-4-10-20(18)21/h1-4,7-10,21-22H,5-6,11-16H2,(H,27,33)(H,28,34)(H,31,32). The number of carbonyl (C=O) groups is 4. The van der Waals surface area contributed by atoms with Gasteiger partial charge in [0.25, 0.3) is 0 Å². The van der Waals surface area contributed by atoms with Crippen molar-refractivity contribution in [2.45, 2.75) is 37.6 Å². The first-order valence-corrected chi connectivity index (χ1v) is 11.8. The lowest BCUT2D eigenvalue weighted by molar-refractivity contribution is -0.137. The van der Waals surface area contributed by atoms with Gasteiger partial charge in [-0.2, -0.15) is 0 Å². The lowest BCUT2D eigenvalue weighted by atomic mass is 9.98. The highest BCUT2D eigenvalue weighted by atomic mass is 16.5. The van der Waals surface area contributed by atoms with Gasteiger partial charge in [-0.15, -0.1) is 0 Å². The van der Waals surface area contributed by atoms with Gasteiger partial charge < -0.3 is 25.4 Å². The molecule has 35 heavy (non-hydrogen) atoms. The average molecular weight is 480 g/mol. The van der Waals surface area contributed by atoms with E-state index in [0.29, 0.717) is 13.1 Å². The summed E-state index contributed by atoms with van der Waals surface area (Å²) in [5.74, 6) is -2.05. The zero-order valence-electron chi connectivity index (χ0n) is 19.4. The molecule has 1 unspecified atom stereocenters. The zero-order valence-corrected chi connectivity index (χ0v) is 19.4. The summed E-state index contributed by atoms with van der Waals surface area (Å²) in [5, 5.41) is 14.0. The van der Waals surface area contributed by atoms with Crippen molar-refractivity contribution in [3.63, 3.8) is 0 Å². The number of nitrogens with one attached hydrogen (secondary N) is 2. The Morgan fingerprint density at radius 2 is 1.57 bits per heavy atom. The van der Waals surface area contributed by atoms with Gasteiger partial charge in [-0.1, -0.05) is 48.5 Å². The van der Waals surface area contributed by atoms with Gasteiger partial charge in [0, 0.05) is 25.4 Å². The summed E-state index contributed by atoms with van der Waals surface area (Å²) < 4.78 is 5.48. The molecule has 0 bridgehead atoms. The van der Waals surface area contributed by atoms with Crippen molar-refractivity contribution in [3.8, 4) is 11.1 Å². The molecule has 9 nitrogen and oxygen atoms in total. The Balaban J connectivity index is 1.36. The molecule has 1 heterocycles. The van der Waals surface area contributed by atoms with E-state index in [1.165, 1.54) is 0 Å². The number of carboxylic acid groups (broad SMARTS) is 1. The van der Waals surface area contributed by atoms with E-state index in [1.807, 2.05) is 48.5 Å². The van der Waals surface area contributed by atoms with E-state index in [-0.39, 0.29) is 37.8 Å². The molecule has 0 saturated carbocycles. The molecule has 0 spiro atoms. The number of aliphatic carboxylic acids is 1. The Kier molecular flexibility index (Phi) is 7.64. The number of carbonyl (C=O) groups excluding carboxylic acids is 3. The topological polar surface area (TPSA) is 125 Å². The van der Waals surface area contributed by atoms with Gasteiger partial charge in [-0.3, -0.25) is 14.4 Å². The van der Waals surface area contributed by atoms with Crippen LogP contribution in [0.1, 0.15) is 42.7 Å². The number of likely N-dealkylation sites (tertiary alicyclic amines) is 1. The Bertz CT molecular complexity index is 1070. The second-order valence-corrected chi connectivity index (χ2v) is 8.76. The number of alkyl carbamates (subject to hydrolysis) is 1. The summed E-state index contributed by atoms with van der Waals surface area (Å²) in [5.41, 5.74) is 4.31. The molecule has 1 aliphatic heterocycles. The van der Waals surface area contributed by atoms with E-state index >= 15 is 0 Å². The molecule has 0 aromatic heterocycles. The summed E-state index contributed by atoms with van der Waals surface area (Å²) in [6, 6.07) is 14.7. The third-order valence-corrected chi connectivity index (χ3v) is 6.47. The molecule has 3 N–H and O–H groups in total. The van der Waals surface area contributed by atoms with Gasteiger partial charge in [0.1, 0.15) is 12.6 Å². The highest BCUT2D eigenvalue weighted by molar-refractivity contribution is 5.90. The Morgan fingerprint density at radius 1 is 0.971 bits per heavy atom. The third-order valence-electron chi connectivity index (χ3n) is 6.47. The summed E-state index contributed by atoms with van der Waals surface area (Å²) in [7, 11) is 0. The highest BCUT2D eigenvalue weighted by Gasteiger charge is 2.30. The van der Waals surface area contributed by atoms with E-state index in [4.69, 9.17) is 9.84 Å². The number of hydrogen-bond donors (Lipinski definition) is 3. The van der Waals surface area contributed by atoms with Gasteiger partial charge in [0.05, 0.1) is 6.54 Å². The lowest BCUT2D eigenvalue weighted by Crippen LogP contribution is -2.49. The van der Waals surface area contributed by atoms with Crippen LogP contribution in [0, 0.1) is 0 Å². The number of nitrogens with zero attached hydrogens (tertiary/aromatic N) is 1. The molecule has 3 amide bonds. The molecule has 1 saturated heterocycles. The van der Waals surface area contributed by atoms with Crippen LogP contribution in [0.4, 0.5) is 4.79 Å². The van der Waals surface area contributed by atoms with Crippen LogP contribution in [-0.2, 0) is 19.1 Å². The molecule has 0 radical (unpaired) electrons. The molecule has 2 aromatic carbocycles. The third kappa shape index (κ3) is 5.79. The van der Waals surface area contributed by atoms with Crippen molar-refractivity contribution >= 4 is 23.9 Å². The number of ether oxygens (including phenoxy) is 1. The Labute approximate surface area is 203 Å². The predicted molar refractivity (Wildman–Crippen MR) is 128 cm³/mol. The molecule has 2 aliphatic rings. The largest absolute Gasteiger partial charge is 0.481 e. The molecule has 2 aromatic rings. The summed E-state index contributed by atoms with van der Waals surface area (Å²) in [6.07, 6.45) is 0.614. The van der Waals surface area contributed by atoms with E-state index in [9.17, 15) is 19.2 Å². The minimum Gasteiger partial charge on any atom is -0.481 e. The first-order valence-electron chi connectivity index (χ1n) is 11.8. The first-order chi connectivity index (χ1) is 16.9. The number of rotatable bonds is 9. The molecule has 1 atom stereocenters. The van der Waals surface area contributed by atoms with Crippen LogP contribution in [0.3, 0.4) is 0 Å². The van der Waals surface area contributed by atoms with Gasteiger partial charge in [-0.05, 0) is 41.5 Å². The number of hydrogen-bond acceptors (Lipinski definition) is 5. The maximum atomic E-state index is 12.7. The van der Waals surface area contributed by atoms with E-state index in [2.05, 4.69) is 10.6 Å². The second-order valence-electron chi connectivity index (χ2n) is 8.76. The summed E-state index contributed by atoms with van der Waals surface area (Å²) in [6.45, 7) is 1.19. The SMILES string of the molecule is O=C(O)CCC(NC(=O)OCC1c2ccccc2-c2ccccc21)C(=O)NCC(=O)N1CCCC1. The highest BCUT2D eigenvalue weighted by Crippen LogP contribution is 2.44. The smallest absolute Gasteiger partial charge is 0.407 e. The van der Waals surface area contributed by atoms with Crippen molar-refractivity contribution in [1.29, 1.82) is 0 Å². The van der Waals surface area contributed by atoms with Crippen molar-refractivity contribution in [2.75, 3.05) is 26.2 Å². The van der Waals surface area contributed by atoms with Crippen molar-refractivity contribution in [3.05, 3.63) is 59.7 Å². The Hall–Kier alpha value is -3.88. The van der Waals surface area contributed by atoms with Crippen LogP contribution in [0.2, 0.25) is 0 Å². The van der Waals surface area contributed by atoms with Gasteiger partial charge in [-0.25, -0.2) is 4.79 Å². The minimum atomic E-state index is -1.13. The predicted octanol–water partition coefficient (Wildman–Crippen LogP) is 2.50. The maximum Gasteiger partial charge on any atom is 0.407 e. The second kappa shape index (κ2) is 11.0. The molecule has 1 fully saturated rings. The summed E-state index contributed by atoms with van der Waals surface area (Å²) >= 11 is 0. The fraction of sp³-hybridized carbons (Fsp3) is 0.385. The molecular weight excluding hydrogens is 450 g/mol. The van der Waals surface area contributed by atoms with Crippen LogP contribution in [0.15, 0.2) is 48.5 Å². The fourth-order valence-corrected chi connectivity index (χ4v) is 4.68. The summed E-state index contributed by atoms with van der Waals surface area (Å²) in [4.78, 5) is 50.2. The molecule has 184 valence electrons. The minimum absolute atomic E-state index is 0.0700. The first kappa shape index (κ1) is 24.3. The average Bonchev–Trinajstić information content (AvgIpc) is 3.50. The van der Waals surface area contributed by atoms with Crippen molar-refractivity contribution < 1.29 is 29.0 Å². The number of benzene rings is 2.